The number of carbonyl (C=O) groups excluding carboxylic acids is 1. The fourth-order valence-corrected chi connectivity index (χ4v) is 4.96. The van der Waals surface area contributed by atoms with Crippen LogP contribution in [0, 0.1) is 11.8 Å². The zero-order valence-electron chi connectivity index (χ0n) is 24.9. The van der Waals surface area contributed by atoms with Crippen LogP contribution in [0.15, 0.2) is 18.2 Å². The first kappa shape index (κ1) is 32.6. The van der Waals surface area contributed by atoms with E-state index in [-0.39, 0.29) is 12.6 Å². The lowest BCUT2D eigenvalue weighted by Gasteiger charge is -2.22. The van der Waals surface area contributed by atoms with Crippen molar-refractivity contribution in [2.75, 3.05) is 20.0 Å². The number of fused-ring (bicyclic) bond motifs is 1. The second-order valence-corrected chi connectivity index (χ2v) is 11.5. The minimum Gasteiger partial charge on any atom is -0.454 e. The fraction of sp³-hybridized carbons (Fsp3) is 0.788. The number of ketones is 1. The maximum atomic E-state index is 13.4. The molecule has 0 fully saturated rings. The molecule has 0 aromatic heterocycles. The van der Waals surface area contributed by atoms with E-state index < -0.39 is 6.29 Å². The largest absolute Gasteiger partial charge is 0.454 e. The summed E-state index contributed by atoms with van der Waals surface area (Å²) in [6.07, 6.45) is 19.7. The average molecular weight is 533 g/mol. The van der Waals surface area contributed by atoms with Crippen molar-refractivity contribution in [2.45, 2.75) is 137 Å². The summed E-state index contributed by atoms with van der Waals surface area (Å²) in [5.74, 6) is 1.92. The third-order valence-electron chi connectivity index (χ3n) is 7.54. The number of unbranched alkanes of at least 4 members (excludes halogenated alkanes) is 12. The standard InChI is InChI=1S/C33H56O5/c1-5-7-9-11-13-15-17-19-27(3)24-35-33(32(34)29-21-22-30-31(23-29)38-26-37-30)36-25-28(4)20-18-16-14-12-10-8-6-2/h21-23,27-28,33H,5-20,24-26H2,1-4H3. The topological polar surface area (TPSA) is 54.0 Å². The van der Waals surface area contributed by atoms with E-state index in [1.54, 1.807) is 18.2 Å². The molecule has 0 aliphatic carbocycles. The molecule has 0 radical (unpaired) electrons. The SMILES string of the molecule is CCCCCCCCCC(C)COC(OCC(C)CCCCCCCCC)C(=O)c1ccc2c(c1)OCO2. The van der Waals surface area contributed by atoms with E-state index in [0.717, 1.165) is 12.8 Å². The highest BCUT2D eigenvalue weighted by Crippen LogP contribution is 2.33. The normalized spacial score (nSPS) is 14.9. The van der Waals surface area contributed by atoms with E-state index in [1.807, 2.05) is 0 Å². The third kappa shape index (κ3) is 13.5. The van der Waals surface area contributed by atoms with E-state index in [1.165, 1.54) is 89.9 Å². The molecular weight excluding hydrogens is 476 g/mol. The quantitative estimate of drug-likeness (QED) is 0.0753. The van der Waals surface area contributed by atoms with Gasteiger partial charge in [-0.15, -0.1) is 0 Å². The molecule has 0 amide bonds. The molecule has 2 rings (SSSR count). The molecular formula is C33H56O5. The summed E-state index contributed by atoms with van der Waals surface area (Å²) in [6, 6.07) is 5.31. The predicted molar refractivity (Wildman–Crippen MR) is 156 cm³/mol. The molecule has 5 heteroatoms. The highest BCUT2D eigenvalue weighted by atomic mass is 16.7. The van der Waals surface area contributed by atoms with E-state index in [9.17, 15) is 4.79 Å². The van der Waals surface area contributed by atoms with Crippen molar-refractivity contribution in [3.05, 3.63) is 23.8 Å². The molecule has 2 unspecified atom stereocenters. The van der Waals surface area contributed by atoms with Crippen LogP contribution in [0.3, 0.4) is 0 Å². The molecule has 1 aromatic carbocycles. The number of Topliss-reactive ketones (excluding diaryl/α,β-unsaturated/α-hetero) is 1. The lowest BCUT2D eigenvalue weighted by molar-refractivity contribution is -0.128. The Kier molecular flexibility index (Phi) is 17.5. The number of hydrogen-bond donors (Lipinski definition) is 0. The fourth-order valence-electron chi connectivity index (χ4n) is 4.96. The van der Waals surface area contributed by atoms with Crippen LogP contribution in [0.2, 0.25) is 0 Å². The molecule has 218 valence electrons. The Morgan fingerprint density at radius 1 is 0.711 bits per heavy atom. The van der Waals surface area contributed by atoms with Gasteiger partial charge in [0.05, 0.1) is 13.2 Å². The van der Waals surface area contributed by atoms with E-state index in [2.05, 4.69) is 27.7 Å². The lowest BCUT2D eigenvalue weighted by Crippen LogP contribution is -2.31. The molecule has 0 saturated carbocycles. The summed E-state index contributed by atoms with van der Waals surface area (Å²) >= 11 is 0. The highest BCUT2D eigenvalue weighted by Gasteiger charge is 2.25. The van der Waals surface area contributed by atoms with Crippen LogP contribution in [0.5, 0.6) is 11.5 Å². The minimum absolute atomic E-state index is 0.144. The molecule has 0 bridgehead atoms. The Hall–Kier alpha value is -1.59. The van der Waals surface area contributed by atoms with Crippen LogP contribution in [0.25, 0.3) is 0 Å². The summed E-state index contributed by atoms with van der Waals surface area (Å²) in [6.45, 7) is 10.2. The first-order chi connectivity index (χ1) is 18.5. The predicted octanol–water partition coefficient (Wildman–Crippen LogP) is 9.51. The smallest absolute Gasteiger partial charge is 0.231 e. The number of rotatable bonds is 24. The van der Waals surface area contributed by atoms with Gasteiger partial charge in [-0.1, -0.05) is 118 Å². The highest BCUT2D eigenvalue weighted by molar-refractivity contribution is 5.99. The van der Waals surface area contributed by atoms with Crippen LogP contribution in [-0.4, -0.2) is 32.1 Å². The van der Waals surface area contributed by atoms with E-state index in [4.69, 9.17) is 18.9 Å². The third-order valence-corrected chi connectivity index (χ3v) is 7.54. The van der Waals surface area contributed by atoms with Crippen molar-refractivity contribution >= 4 is 5.78 Å². The molecule has 1 aliphatic heterocycles. The van der Waals surface area contributed by atoms with E-state index in [0.29, 0.717) is 42.1 Å². The minimum atomic E-state index is -0.886. The van der Waals surface area contributed by atoms with Gasteiger partial charge in [0, 0.05) is 5.56 Å². The summed E-state index contributed by atoms with van der Waals surface area (Å²) in [4.78, 5) is 13.4. The van der Waals surface area contributed by atoms with Crippen LogP contribution in [0.1, 0.15) is 141 Å². The maximum Gasteiger partial charge on any atom is 0.231 e. The van der Waals surface area contributed by atoms with Crippen molar-refractivity contribution < 1.29 is 23.7 Å². The number of benzene rings is 1. The van der Waals surface area contributed by atoms with Crippen LogP contribution in [0.4, 0.5) is 0 Å². The molecule has 2 atom stereocenters. The maximum absolute atomic E-state index is 13.4. The molecule has 38 heavy (non-hydrogen) atoms. The Bertz CT molecular complexity index is 721. The van der Waals surface area contributed by atoms with Gasteiger partial charge in [0.25, 0.3) is 0 Å². The summed E-state index contributed by atoms with van der Waals surface area (Å²) in [5, 5.41) is 0. The van der Waals surface area contributed by atoms with Gasteiger partial charge in [-0.3, -0.25) is 4.79 Å². The van der Waals surface area contributed by atoms with Gasteiger partial charge >= 0.3 is 0 Å². The molecule has 1 heterocycles. The summed E-state index contributed by atoms with van der Waals surface area (Å²) < 4.78 is 23.2. The van der Waals surface area contributed by atoms with Crippen molar-refractivity contribution in [3.63, 3.8) is 0 Å². The van der Waals surface area contributed by atoms with Gasteiger partial charge in [-0.2, -0.15) is 0 Å². The number of carbonyl (C=O) groups is 1. The molecule has 1 aromatic rings. The zero-order valence-corrected chi connectivity index (χ0v) is 24.9. The summed E-state index contributed by atoms with van der Waals surface area (Å²) in [5.41, 5.74) is 0.540. The van der Waals surface area contributed by atoms with Gasteiger partial charge in [0.1, 0.15) is 0 Å². The second kappa shape index (κ2) is 20.3. The van der Waals surface area contributed by atoms with Gasteiger partial charge in [-0.25, -0.2) is 0 Å². The van der Waals surface area contributed by atoms with Crippen molar-refractivity contribution in [2.24, 2.45) is 11.8 Å². The number of ether oxygens (including phenoxy) is 4. The van der Waals surface area contributed by atoms with Crippen molar-refractivity contribution in [1.29, 1.82) is 0 Å². The van der Waals surface area contributed by atoms with Gasteiger partial charge in [0.2, 0.25) is 18.9 Å². The Balaban J connectivity index is 1.79. The van der Waals surface area contributed by atoms with Crippen molar-refractivity contribution in [3.8, 4) is 11.5 Å². The molecule has 0 saturated heterocycles. The van der Waals surface area contributed by atoms with Crippen molar-refractivity contribution in [1.82, 2.24) is 0 Å². The monoisotopic (exact) mass is 532 g/mol. The molecule has 0 spiro atoms. The average Bonchev–Trinajstić information content (AvgIpc) is 3.40. The number of hydrogen-bond acceptors (Lipinski definition) is 5. The van der Waals surface area contributed by atoms with Gasteiger partial charge in [-0.05, 0) is 42.9 Å². The van der Waals surface area contributed by atoms with Crippen LogP contribution in [-0.2, 0) is 9.47 Å². The van der Waals surface area contributed by atoms with Crippen LogP contribution >= 0.6 is 0 Å². The Morgan fingerprint density at radius 2 is 1.18 bits per heavy atom. The Morgan fingerprint density at radius 3 is 1.71 bits per heavy atom. The molecule has 5 nitrogen and oxygen atoms in total. The second-order valence-electron chi connectivity index (χ2n) is 11.5. The van der Waals surface area contributed by atoms with Gasteiger partial charge in [0.15, 0.2) is 11.5 Å². The summed E-state index contributed by atoms with van der Waals surface area (Å²) in [7, 11) is 0. The molecule has 1 aliphatic rings. The Labute approximate surface area is 233 Å². The first-order valence-electron chi connectivity index (χ1n) is 15.7. The molecule has 0 N–H and O–H groups in total. The van der Waals surface area contributed by atoms with Gasteiger partial charge < -0.3 is 18.9 Å². The van der Waals surface area contributed by atoms with Crippen LogP contribution < -0.4 is 9.47 Å². The first-order valence-corrected chi connectivity index (χ1v) is 15.7. The lowest BCUT2D eigenvalue weighted by atomic mass is 10.0. The zero-order chi connectivity index (χ0) is 27.4. The van der Waals surface area contributed by atoms with E-state index >= 15 is 0 Å².